The SMILES string of the molecule is CNC(Cc1nnn(C)n1)c1ccc(Br)c(C)c1. The highest BCUT2D eigenvalue weighted by Gasteiger charge is 2.14. The van der Waals surface area contributed by atoms with Gasteiger partial charge in [0, 0.05) is 16.9 Å². The first-order valence-electron chi connectivity index (χ1n) is 5.76. The number of tetrazole rings is 1. The van der Waals surface area contributed by atoms with Crippen molar-refractivity contribution in [1.82, 2.24) is 25.5 Å². The monoisotopic (exact) mass is 309 g/mol. The van der Waals surface area contributed by atoms with Gasteiger partial charge in [-0.3, -0.25) is 0 Å². The molecule has 0 radical (unpaired) electrons. The van der Waals surface area contributed by atoms with Gasteiger partial charge < -0.3 is 5.32 Å². The Kier molecular flexibility index (Phi) is 4.08. The van der Waals surface area contributed by atoms with Crippen molar-refractivity contribution >= 4 is 15.9 Å². The van der Waals surface area contributed by atoms with Gasteiger partial charge in [0.15, 0.2) is 5.82 Å². The van der Waals surface area contributed by atoms with Crippen molar-refractivity contribution in [3.63, 3.8) is 0 Å². The average Bonchev–Trinajstić information content (AvgIpc) is 2.75. The predicted molar refractivity (Wildman–Crippen MR) is 73.2 cm³/mol. The lowest BCUT2D eigenvalue weighted by atomic mass is 10.0. The van der Waals surface area contributed by atoms with Gasteiger partial charge in [0.2, 0.25) is 0 Å². The number of hydrogen-bond donors (Lipinski definition) is 1. The number of nitrogens with zero attached hydrogens (tertiary/aromatic N) is 4. The van der Waals surface area contributed by atoms with Crippen molar-refractivity contribution in [2.75, 3.05) is 7.05 Å². The molecule has 1 heterocycles. The number of hydrogen-bond acceptors (Lipinski definition) is 4. The Bertz CT molecular complexity index is 537. The van der Waals surface area contributed by atoms with Gasteiger partial charge in [0.25, 0.3) is 0 Å². The van der Waals surface area contributed by atoms with Crippen molar-refractivity contribution in [3.8, 4) is 0 Å². The molecule has 0 amide bonds. The number of likely N-dealkylation sites (N-methyl/N-ethyl adjacent to an activating group) is 1. The van der Waals surface area contributed by atoms with E-state index in [1.165, 1.54) is 15.9 Å². The summed E-state index contributed by atoms with van der Waals surface area (Å²) in [5, 5.41) is 15.4. The van der Waals surface area contributed by atoms with E-state index in [0.29, 0.717) is 0 Å². The maximum absolute atomic E-state index is 4.21. The zero-order chi connectivity index (χ0) is 13.1. The van der Waals surface area contributed by atoms with E-state index in [2.05, 4.69) is 61.8 Å². The molecule has 1 atom stereocenters. The summed E-state index contributed by atoms with van der Waals surface area (Å²) in [6.07, 6.45) is 0.728. The molecule has 0 aliphatic heterocycles. The number of benzene rings is 1. The molecule has 0 bridgehead atoms. The van der Waals surface area contributed by atoms with E-state index >= 15 is 0 Å². The van der Waals surface area contributed by atoms with Crippen LogP contribution >= 0.6 is 15.9 Å². The van der Waals surface area contributed by atoms with Crippen LogP contribution in [0.25, 0.3) is 0 Å². The summed E-state index contributed by atoms with van der Waals surface area (Å²) in [7, 11) is 3.72. The molecule has 96 valence electrons. The van der Waals surface area contributed by atoms with E-state index < -0.39 is 0 Å². The van der Waals surface area contributed by atoms with Crippen LogP contribution in [-0.2, 0) is 13.5 Å². The third-order valence-corrected chi connectivity index (χ3v) is 3.76. The lowest BCUT2D eigenvalue weighted by Gasteiger charge is -2.15. The lowest BCUT2D eigenvalue weighted by molar-refractivity contribution is 0.570. The molecule has 0 aliphatic rings. The summed E-state index contributed by atoms with van der Waals surface area (Å²) in [5.74, 6) is 0.748. The molecular formula is C12H16BrN5. The zero-order valence-electron chi connectivity index (χ0n) is 10.7. The summed E-state index contributed by atoms with van der Waals surface area (Å²) in [6, 6.07) is 6.54. The lowest BCUT2D eigenvalue weighted by Crippen LogP contribution is -2.19. The third-order valence-electron chi connectivity index (χ3n) is 2.87. The fourth-order valence-corrected chi connectivity index (χ4v) is 2.11. The Morgan fingerprint density at radius 3 is 2.78 bits per heavy atom. The van der Waals surface area contributed by atoms with Crippen molar-refractivity contribution < 1.29 is 0 Å². The minimum absolute atomic E-state index is 0.195. The summed E-state index contributed by atoms with van der Waals surface area (Å²) in [4.78, 5) is 1.48. The van der Waals surface area contributed by atoms with E-state index in [0.717, 1.165) is 16.7 Å². The Morgan fingerprint density at radius 1 is 1.44 bits per heavy atom. The van der Waals surface area contributed by atoms with Crippen LogP contribution in [0.15, 0.2) is 22.7 Å². The normalized spacial score (nSPS) is 12.7. The zero-order valence-corrected chi connectivity index (χ0v) is 12.3. The smallest absolute Gasteiger partial charge is 0.176 e. The molecular weight excluding hydrogens is 294 g/mol. The maximum atomic E-state index is 4.21. The van der Waals surface area contributed by atoms with E-state index in [4.69, 9.17) is 0 Å². The number of rotatable bonds is 4. The van der Waals surface area contributed by atoms with Gasteiger partial charge in [-0.05, 0) is 36.4 Å². The standard InChI is InChI=1S/C12H16BrN5/c1-8-6-9(4-5-10(8)13)11(14-2)7-12-15-17-18(3)16-12/h4-6,11,14H,7H2,1-3H3. The van der Waals surface area contributed by atoms with Gasteiger partial charge in [-0.1, -0.05) is 28.1 Å². The maximum Gasteiger partial charge on any atom is 0.176 e. The first-order chi connectivity index (χ1) is 8.60. The van der Waals surface area contributed by atoms with Crippen LogP contribution in [0.2, 0.25) is 0 Å². The molecule has 0 saturated carbocycles. The molecule has 0 fully saturated rings. The van der Waals surface area contributed by atoms with Crippen LogP contribution in [0.5, 0.6) is 0 Å². The van der Waals surface area contributed by atoms with Crippen LogP contribution in [-0.4, -0.2) is 27.3 Å². The van der Waals surface area contributed by atoms with E-state index in [9.17, 15) is 0 Å². The van der Waals surface area contributed by atoms with Crippen molar-refractivity contribution in [2.24, 2.45) is 7.05 Å². The Hall–Kier alpha value is -1.27. The average molecular weight is 310 g/mol. The summed E-state index contributed by atoms with van der Waals surface area (Å²) >= 11 is 3.51. The van der Waals surface area contributed by atoms with Gasteiger partial charge >= 0.3 is 0 Å². The first kappa shape index (κ1) is 13.2. The molecule has 5 nitrogen and oxygen atoms in total. The molecule has 1 N–H and O–H groups in total. The van der Waals surface area contributed by atoms with Crippen molar-refractivity contribution in [2.45, 2.75) is 19.4 Å². The van der Waals surface area contributed by atoms with Gasteiger partial charge in [0.1, 0.15) is 0 Å². The molecule has 1 unspecified atom stereocenters. The molecule has 2 rings (SSSR count). The molecule has 0 saturated heterocycles. The first-order valence-corrected chi connectivity index (χ1v) is 6.55. The Morgan fingerprint density at radius 2 is 2.22 bits per heavy atom. The van der Waals surface area contributed by atoms with Crippen LogP contribution in [0, 0.1) is 6.92 Å². The number of halogens is 1. The molecule has 1 aromatic carbocycles. The molecule has 6 heteroatoms. The van der Waals surface area contributed by atoms with Crippen LogP contribution in [0.1, 0.15) is 23.0 Å². The van der Waals surface area contributed by atoms with Crippen LogP contribution in [0.3, 0.4) is 0 Å². The molecule has 18 heavy (non-hydrogen) atoms. The topological polar surface area (TPSA) is 55.6 Å². The largest absolute Gasteiger partial charge is 0.313 e. The van der Waals surface area contributed by atoms with Gasteiger partial charge in [0.05, 0.1) is 7.05 Å². The van der Waals surface area contributed by atoms with Crippen molar-refractivity contribution in [3.05, 3.63) is 39.6 Å². The second-order valence-electron chi connectivity index (χ2n) is 4.25. The van der Waals surface area contributed by atoms with Gasteiger partial charge in [-0.25, -0.2) is 0 Å². The summed E-state index contributed by atoms with van der Waals surface area (Å²) in [5.41, 5.74) is 2.45. The van der Waals surface area contributed by atoms with Crippen LogP contribution < -0.4 is 5.32 Å². The van der Waals surface area contributed by atoms with Gasteiger partial charge in [-0.15, -0.1) is 10.2 Å². The fourth-order valence-electron chi connectivity index (χ4n) is 1.86. The predicted octanol–water partition coefficient (Wildman–Crippen LogP) is 1.78. The Labute approximate surface area is 115 Å². The molecule has 0 aliphatic carbocycles. The summed E-state index contributed by atoms with van der Waals surface area (Å²) < 4.78 is 1.12. The van der Waals surface area contributed by atoms with E-state index in [-0.39, 0.29) is 6.04 Å². The highest BCUT2D eigenvalue weighted by molar-refractivity contribution is 9.10. The fraction of sp³-hybridized carbons (Fsp3) is 0.417. The minimum Gasteiger partial charge on any atom is -0.313 e. The van der Waals surface area contributed by atoms with Crippen molar-refractivity contribution in [1.29, 1.82) is 0 Å². The number of aryl methyl sites for hydroxylation is 2. The molecule has 1 aromatic heterocycles. The number of nitrogens with one attached hydrogen (secondary N) is 1. The van der Waals surface area contributed by atoms with Crippen LogP contribution in [0.4, 0.5) is 0 Å². The Balaban J connectivity index is 2.19. The number of aromatic nitrogens is 4. The quantitative estimate of drug-likeness (QED) is 0.935. The minimum atomic E-state index is 0.195. The van der Waals surface area contributed by atoms with E-state index in [1.54, 1.807) is 7.05 Å². The second kappa shape index (κ2) is 5.58. The van der Waals surface area contributed by atoms with E-state index in [1.807, 2.05) is 7.05 Å². The summed E-state index contributed by atoms with van der Waals surface area (Å²) in [6.45, 7) is 2.08. The highest BCUT2D eigenvalue weighted by Crippen LogP contribution is 2.22. The highest BCUT2D eigenvalue weighted by atomic mass is 79.9. The van der Waals surface area contributed by atoms with Gasteiger partial charge in [-0.2, -0.15) is 4.80 Å². The molecule has 2 aromatic rings. The third kappa shape index (κ3) is 2.94. The second-order valence-corrected chi connectivity index (χ2v) is 5.10. The molecule has 0 spiro atoms.